The fourth-order valence-corrected chi connectivity index (χ4v) is 5.50. The first kappa shape index (κ1) is 31.1. The van der Waals surface area contributed by atoms with Crippen LogP contribution in [0.25, 0.3) is 21.7 Å². The molecule has 4 rings (SSSR count). The van der Waals surface area contributed by atoms with Gasteiger partial charge in [0.25, 0.3) is 0 Å². The van der Waals surface area contributed by atoms with Gasteiger partial charge in [-0.1, -0.05) is 26.8 Å². The van der Waals surface area contributed by atoms with Gasteiger partial charge in [0.2, 0.25) is 11.8 Å². The van der Waals surface area contributed by atoms with E-state index in [1.807, 2.05) is 85.0 Å². The smallest absolute Gasteiger partial charge is 0.315 e. The Morgan fingerprint density at radius 3 is 2.48 bits per heavy atom. The number of rotatable bonds is 8. The number of pyridine rings is 1. The summed E-state index contributed by atoms with van der Waals surface area (Å²) in [5, 5.41) is 10.9. The second-order valence-corrected chi connectivity index (χ2v) is 13.9. The van der Waals surface area contributed by atoms with Gasteiger partial charge in [0.05, 0.1) is 18.1 Å². The second kappa shape index (κ2) is 12.2. The number of urea groups is 1. The third-order valence-electron chi connectivity index (χ3n) is 6.59. The van der Waals surface area contributed by atoms with E-state index in [0.29, 0.717) is 23.8 Å². The lowest BCUT2D eigenvalue weighted by molar-refractivity contribution is -0.138. The van der Waals surface area contributed by atoms with Crippen molar-refractivity contribution < 1.29 is 19.1 Å². The first-order chi connectivity index (χ1) is 19.6. The van der Waals surface area contributed by atoms with Gasteiger partial charge in [-0.15, -0.1) is 11.3 Å². The summed E-state index contributed by atoms with van der Waals surface area (Å²) in [6.07, 6.45) is 0.584. The number of nitrogens with zero attached hydrogens (tertiary/aromatic N) is 4. The van der Waals surface area contributed by atoms with Crippen molar-refractivity contribution in [3.8, 4) is 17.4 Å². The van der Waals surface area contributed by atoms with Gasteiger partial charge in [0.1, 0.15) is 34.6 Å². The van der Waals surface area contributed by atoms with Gasteiger partial charge in [-0.25, -0.2) is 14.8 Å². The van der Waals surface area contributed by atoms with Crippen LogP contribution in [-0.2, 0) is 9.59 Å². The summed E-state index contributed by atoms with van der Waals surface area (Å²) < 4.78 is 7.17. The van der Waals surface area contributed by atoms with Gasteiger partial charge in [-0.05, 0) is 63.6 Å². The van der Waals surface area contributed by atoms with Gasteiger partial charge in [-0.2, -0.15) is 4.98 Å². The molecule has 3 amide bonds. The van der Waals surface area contributed by atoms with Crippen molar-refractivity contribution in [3.63, 3.8) is 0 Å². The van der Waals surface area contributed by atoms with E-state index >= 15 is 0 Å². The zero-order valence-electron chi connectivity index (χ0n) is 25.5. The van der Waals surface area contributed by atoms with Gasteiger partial charge < -0.3 is 30.4 Å². The molecule has 0 radical (unpaired) electrons. The largest absolute Gasteiger partial charge is 0.471 e. The van der Waals surface area contributed by atoms with Crippen LogP contribution in [0.1, 0.15) is 61.8 Å². The molecule has 1 aliphatic heterocycles. The zero-order valence-corrected chi connectivity index (χ0v) is 26.3. The van der Waals surface area contributed by atoms with Gasteiger partial charge in [-0.3, -0.25) is 4.79 Å². The van der Waals surface area contributed by atoms with E-state index < -0.39 is 35.2 Å². The molecule has 0 aliphatic carbocycles. The molecule has 0 saturated carbocycles. The molecule has 0 unspecified atom stereocenters. The van der Waals surface area contributed by atoms with Crippen molar-refractivity contribution >= 4 is 45.6 Å². The molecule has 0 aromatic carbocycles. The second-order valence-electron chi connectivity index (χ2n) is 13.0. The van der Waals surface area contributed by atoms with Crippen molar-refractivity contribution in [1.82, 2.24) is 30.5 Å². The number of thiophene rings is 1. The van der Waals surface area contributed by atoms with Crippen LogP contribution in [0.4, 0.5) is 10.6 Å². The number of amides is 3. The highest BCUT2D eigenvalue weighted by Crippen LogP contribution is 2.33. The number of hydrogen-bond donors (Lipinski definition) is 3. The van der Waals surface area contributed by atoms with Gasteiger partial charge in [0, 0.05) is 18.0 Å². The molecule has 226 valence electrons. The lowest BCUT2D eigenvalue weighted by atomic mass is 9.85. The maximum Gasteiger partial charge on any atom is 0.315 e. The summed E-state index contributed by atoms with van der Waals surface area (Å²) in [6.45, 7) is 15.5. The summed E-state index contributed by atoms with van der Waals surface area (Å²) in [6, 6.07) is 5.75. The standard InChI is InChI=1S/C30H41N7O4S/c1-17(2)31-22-11-9-10-21(32-22)25-33-20-12-13-42-23(20)26(35-25)41-19-14-18(16-38)37(15-19)27(39)24(29(3,4)5)34-28(40)36-30(6,7)8/h9-13,16-19,24H,14-15H2,1-8H3,(H,31,32)(H2,34,36,40)/t18-,19+,24+/m0/s1. The summed E-state index contributed by atoms with van der Waals surface area (Å²) in [7, 11) is 0. The molecule has 1 saturated heterocycles. The van der Waals surface area contributed by atoms with E-state index in [2.05, 4.69) is 20.9 Å². The number of nitrogens with one attached hydrogen (secondary N) is 3. The molecule has 3 aromatic rings. The molecule has 3 aromatic heterocycles. The van der Waals surface area contributed by atoms with Crippen LogP contribution in [-0.4, -0.2) is 74.4 Å². The average Bonchev–Trinajstić information content (AvgIpc) is 3.52. The van der Waals surface area contributed by atoms with E-state index in [-0.39, 0.29) is 18.5 Å². The minimum Gasteiger partial charge on any atom is -0.471 e. The highest BCUT2D eigenvalue weighted by Gasteiger charge is 2.43. The minimum atomic E-state index is -0.853. The normalized spacial score (nSPS) is 18.2. The molecular weight excluding hydrogens is 554 g/mol. The Bertz CT molecular complexity index is 1440. The Hall–Kier alpha value is -3.80. The number of likely N-dealkylation sites (tertiary alicyclic amines) is 1. The van der Waals surface area contributed by atoms with Crippen molar-refractivity contribution in [2.45, 2.75) is 91.6 Å². The predicted molar refractivity (Wildman–Crippen MR) is 165 cm³/mol. The molecule has 1 fully saturated rings. The first-order valence-electron chi connectivity index (χ1n) is 14.1. The molecule has 11 nitrogen and oxygen atoms in total. The van der Waals surface area contributed by atoms with Crippen LogP contribution in [0.15, 0.2) is 29.6 Å². The van der Waals surface area contributed by atoms with Crippen molar-refractivity contribution in [2.24, 2.45) is 5.41 Å². The number of ether oxygens (including phenoxy) is 1. The number of anilines is 1. The maximum atomic E-state index is 13.8. The molecule has 0 bridgehead atoms. The number of carbonyl (C=O) groups is 3. The van der Waals surface area contributed by atoms with E-state index in [1.165, 1.54) is 16.2 Å². The topological polar surface area (TPSA) is 138 Å². The molecule has 1 aliphatic rings. The van der Waals surface area contributed by atoms with E-state index in [1.54, 1.807) is 0 Å². The Morgan fingerprint density at radius 1 is 1.10 bits per heavy atom. The maximum absolute atomic E-state index is 13.8. The van der Waals surface area contributed by atoms with Crippen LogP contribution in [0, 0.1) is 5.41 Å². The Balaban J connectivity index is 1.57. The van der Waals surface area contributed by atoms with Crippen LogP contribution in [0.5, 0.6) is 5.88 Å². The van der Waals surface area contributed by atoms with E-state index in [0.717, 1.165) is 22.3 Å². The molecule has 42 heavy (non-hydrogen) atoms. The Kier molecular flexibility index (Phi) is 9.05. The van der Waals surface area contributed by atoms with Gasteiger partial charge in [0.15, 0.2) is 5.82 Å². The number of fused-ring (bicyclic) bond motifs is 1. The lowest BCUT2D eigenvalue weighted by Gasteiger charge is -2.35. The molecular formula is C30H41N7O4S. The van der Waals surface area contributed by atoms with Crippen LogP contribution in [0.3, 0.4) is 0 Å². The number of carbonyl (C=O) groups excluding carboxylic acids is 3. The van der Waals surface area contributed by atoms with Crippen LogP contribution < -0.4 is 20.7 Å². The summed E-state index contributed by atoms with van der Waals surface area (Å²) in [4.78, 5) is 54.2. The highest BCUT2D eigenvalue weighted by atomic mass is 32.1. The molecule has 3 N–H and O–H groups in total. The predicted octanol–water partition coefficient (Wildman–Crippen LogP) is 4.63. The molecule has 3 atom stereocenters. The first-order valence-corrected chi connectivity index (χ1v) is 15.0. The Labute approximate surface area is 250 Å². The summed E-state index contributed by atoms with van der Waals surface area (Å²) in [5.74, 6) is 1.19. The monoisotopic (exact) mass is 595 g/mol. The van der Waals surface area contributed by atoms with Crippen LogP contribution in [0.2, 0.25) is 0 Å². The number of aromatic nitrogens is 3. The van der Waals surface area contributed by atoms with Crippen LogP contribution >= 0.6 is 11.3 Å². The van der Waals surface area contributed by atoms with E-state index in [9.17, 15) is 14.4 Å². The highest BCUT2D eigenvalue weighted by molar-refractivity contribution is 7.17. The van der Waals surface area contributed by atoms with E-state index in [4.69, 9.17) is 14.7 Å². The minimum absolute atomic E-state index is 0.176. The van der Waals surface area contributed by atoms with Crippen molar-refractivity contribution in [3.05, 3.63) is 29.6 Å². The third kappa shape index (κ3) is 7.53. The molecule has 12 heteroatoms. The average molecular weight is 596 g/mol. The fourth-order valence-electron chi connectivity index (χ4n) is 4.74. The van der Waals surface area contributed by atoms with Crippen molar-refractivity contribution in [1.29, 1.82) is 0 Å². The molecule has 4 heterocycles. The SMILES string of the molecule is CC(C)Nc1cccc(-c2nc(O[C@@H]3C[C@@H](C=O)N(C(=O)[C@@H](NC(=O)NC(C)(C)C)C(C)(C)C)C3)c3sccc3n2)n1. The lowest BCUT2D eigenvalue weighted by Crippen LogP contribution is -2.59. The third-order valence-corrected chi connectivity index (χ3v) is 7.48. The van der Waals surface area contributed by atoms with Gasteiger partial charge >= 0.3 is 6.03 Å². The number of aldehydes is 1. The number of hydrogen-bond acceptors (Lipinski definition) is 9. The summed E-state index contributed by atoms with van der Waals surface area (Å²) >= 11 is 1.46. The molecule has 0 spiro atoms. The quantitative estimate of drug-likeness (QED) is 0.321. The fraction of sp³-hybridized carbons (Fsp3) is 0.533. The summed E-state index contributed by atoms with van der Waals surface area (Å²) in [5.41, 5.74) is 0.248. The van der Waals surface area contributed by atoms with Crippen molar-refractivity contribution in [2.75, 3.05) is 11.9 Å². The Morgan fingerprint density at radius 2 is 1.83 bits per heavy atom. The zero-order chi connectivity index (χ0) is 30.8.